The van der Waals surface area contributed by atoms with Crippen LogP contribution in [0.2, 0.25) is 0 Å². The highest BCUT2D eigenvalue weighted by Crippen LogP contribution is 2.24. The molecule has 0 aliphatic rings. The van der Waals surface area contributed by atoms with Crippen LogP contribution in [0, 0.1) is 12.7 Å². The lowest BCUT2D eigenvalue weighted by Gasteiger charge is -2.07. The highest BCUT2D eigenvalue weighted by atomic mass is 79.9. The van der Waals surface area contributed by atoms with Gasteiger partial charge in [0.2, 0.25) is 0 Å². The molecular formula is C13H10BrFN2O3. The van der Waals surface area contributed by atoms with Gasteiger partial charge < -0.3 is 15.4 Å². The number of aromatic nitrogens is 1. The predicted octanol–water partition coefficient (Wildman–Crippen LogP) is 3.18. The van der Waals surface area contributed by atoms with Gasteiger partial charge in [-0.25, -0.2) is 9.18 Å². The summed E-state index contributed by atoms with van der Waals surface area (Å²) in [5.74, 6) is -2.32. The van der Waals surface area contributed by atoms with Gasteiger partial charge in [0.25, 0.3) is 5.91 Å². The lowest BCUT2D eigenvalue weighted by molar-refractivity contribution is 0.0697. The Hall–Kier alpha value is -2.15. The Bertz CT molecular complexity index is 697. The van der Waals surface area contributed by atoms with Crippen molar-refractivity contribution >= 4 is 33.5 Å². The number of carboxylic acid groups (broad SMARTS) is 1. The van der Waals surface area contributed by atoms with Crippen LogP contribution in [0.5, 0.6) is 0 Å². The number of aryl methyl sites for hydroxylation is 1. The van der Waals surface area contributed by atoms with E-state index in [0.717, 1.165) is 0 Å². The first-order valence-electron chi connectivity index (χ1n) is 5.58. The summed E-state index contributed by atoms with van der Waals surface area (Å²) in [5.41, 5.74) is 0.619. The Morgan fingerprint density at radius 3 is 2.75 bits per heavy atom. The van der Waals surface area contributed by atoms with Crippen molar-refractivity contribution in [3.05, 3.63) is 51.5 Å². The molecule has 1 aromatic carbocycles. The molecule has 1 heterocycles. The quantitative estimate of drug-likeness (QED) is 0.802. The molecule has 0 radical (unpaired) electrons. The van der Waals surface area contributed by atoms with E-state index in [1.807, 2.05) is 0 Å². The summed E-state index contributed by atoms with van der Waals surface area (Å²) in [4.78, 5) is 25.9. The monoisotopic (exact) mass is 340 g/mol. The number of carbonyl (C=O) groups excluding carboxylic acids is 1. The van der Waals surface area contributed by atoms with Crippen molar-refractivity contribution in [1.29, 1.82) is 0 Å². The van der Waals surface area contributed by atoms with Gasteiger partial charge in [-0.15, -0.1) is 0 Å². The van der Waals surface area contributed by atoms with Gasteiger partial charge in [0, 0.05) is 11.9 Å². The van der Waals surface area contributed by atoms with Crippen LogP contribution in [0.15, 0.2) is 28.9 Å². The summed E-state index contributed by atoms with van der Waals surface area (Å²) >= 11 is 2.99. The number of hydrogen-bond acceptors (Lipinski definition) is 2. The molecule has 0 aliphatic carbocycles. The number of hydrogen-bond donors (Lipinski definition) is 3. The van der Waals surface area contributed by atoms with Crippen LogP contribution in [0.1, 0.15) is 26.4 Å². The second kappa shape index (κ2) is 5.46. The molecule has 7 heteroatoms. The van der Waals surface area contributed by atoms with Crippen molar-refractivity contribution in [2.75, 3.05) is 5.32 Å². The zero-order chi connectivity index (χ0) is 14.9. The third kappa shape index (κ3) is 2.57. The second-order valence-electron chi connectivity index (χ2n) is 4.06. The van der Waals surface area contributed by atoms with Gasteiger partial charge in [-0.1, -0.05) is 6.07 Å². The van der Waals surface area contributed by atoms with Gasteiger partial charge in [0.05, 0.1) is 15.7 Å². The van der Waals surface area contributed by atoms with Crippen molar-refractivity contribution in [2.24, 2.45) is 0 Å². The number of H-pyrrole nitrogens is 1. The minimum Gasteiger partial charge on any atom is -0.478 e. The molecule has 0 saturated carbocycles. The van der Waals surface area contributed by atoms with E-state index in [0.29, 0.717) is 5.69 Å². The average Bonchev–Trinajstić information content (AvgIpc) is 2.73. The Kier molecular flexibility index (Phi) is 3.89. The molecule has 1 aromatic heterocycles. The Labute approximate surface area is 121 Å². The van der Waals surface area contributed by atoms with E-state index in [9.17, 15) is 14.0 Å². The number of halogens is 2. The molecule has 2 aromatic rings. The number of benzene rings is 1. The highest BCUT2D eigenvalue weighted by Gasteiger charge is 2.19. The number of carbonyl (C=O) groups is 2. The van der Waals surface area contributed by atoms with E-state index in [4.69, 9.17) is 5.11 Å². The number of nitrogens with one attached hydrogen (secondary N) is 2. The maximum atomic E-state index is 13.4. The van der Waals surface area contributed by atoms with Gasteiger partial charge in [-0.3, -0.25) is 4.79 Å². The zero-order valence-electron chi connectivity index (χ0n) is 10.3. The molecule has 0 aliphatic heterocycles. The number of amides is 1. The largest absolute Gasteiger partial charge is 0.478 e. The van der Waals surface area contributed by atoms with E-state index < -0.39 is 17.7 Å². The fourth-order valence-corrected chi connectivity index (χ4v) is 2.21. The van der Waals surface area contributed by atoms with Crippen molar-refractivity contribution in [3.63, 3.8) is 0 Å². The molecule has 1 amide bonds. The molecule has 0 spiro atoms. The van der Waals surface area contributed by atoms with E-state index in [2.05, 4.69) is 26.2 Å². The van der Waals surface area contributed by atoms with E-state index in [1.54, 1.807) is 6.92 Å². The Morgan fingerprint density at radius 2 is 2.10 bits per heavy atom. The molecule has 3 N–H and O–H groups in total. The van der Waals surface area contributed by atoms with Crippen molar-refractivity contribution < 1.29 is 19.1 Å². The first kappa shape index (κ1) is 14.3. The topological polar surface area (TPSA) is 82.2 Å². The maximum Gasteiger partial charge on any atom is 0.339 e. The van der Waals surface area contributed by atoms with Crippen LogP contribution >= 0.6 is 15.9 Å². The molecule has 2 rings (SSSR count). The summed E-state index contributed by atoms with van der Waals surface area (Å²) in [6.45, 7) is 1.58. The third-order valence-corrected chi connectivity index (χ3v) is 3.54. The summed E-state index contributed by atoms with van der Waals surface area (Å²) in [5, 5.41) is 11.5. The van der Waals surface area contributed by atoms with Gasteiger partial charge in [0.15, 0.2) is 0 Å². The van der Waals surface area contributed by atoms with Crippen LogP contribution in [-0.4, -0.2) is 22.0 Å². The lowest BCUT2D eigenvalue weighted by atomic mass is 10.2. The van der Waals surface area contributed by atoms with Gasteiger partial charge in [-0.05, 0) is 35.0 Å². The highest BCUT2D eigenvalue weighted by molar-refractivity contribution is 9.10. The van der Waals surface area contributed by atoms with Gasteiger partial charge in [0.1, 0.15) is 11.4 Å². The van der Waals surface area contributed by atoms with E-state index in [-0.39, 0.29) is 21.3 Å². The first-order chi connectivity index (χ1) is 9.41. The minimum atomic E-state index is -1.16. The smallest absolute Gasteiger partial charge is 0.339 e. The molecular weight excluding hydrogens is 331 g/mol. The molecule has 20 heavy (non-hydrogen) atoms. The fourth-order valence-electron chi connectivity index (χ4n) is 1.77. The second-order valence-corrected chi connectivity index (χ2v) is 4.86. The molecule has 0 fully saturated rings. The number of aromatic amines is 1. The van der Waals surface area contributed by atoms with Gasteiger partial charge >= 0.3 is 5.97 Å². The summed E-state index contributed by atoms with van der Waals surface area (Å²) < 4.78 is 13.4. The molecule has 104 valence electrons. The number of anilines is 1. The Morgan fingerprint density at radius 1 is 1.40 bits per heavy atom. The average molecular weight is 341 g/mol. The molecule has 0 unspecified atom stereocenters. The van der Waals surface area contributed by atoms with Crippen molar-refractivity contribution in [3.8, 4) is 0 Å². The van der Waals surface area contributed by atoms with Crippen molar-refractivity contribution in [2.45, 2.75) is 6.92 Å². The maximum absolute atomic E-state index is 13.4. The van der Waals surface area contributed by atoms with Crippen LogP contribution < -0.4 is 5.32 Å². The van der Waals surface area contributed by atoms with Crippen LogP contribution in [0.3, 0.4) is 0 Å². The standard InChI is InChI=1S/C13H10BrFN2O3/c1-6-10(13(19)20)9(5-16-6)17-12(18)7-3-2-4-8(15)11(7)14/h2-5,16H,1H3,(H,17,18)(H,19,20). The minimum absolute atomic E-state index is 0.0223. The van der Waals surface area contributed by atoms with Crippen LogP contribution in [0.25, 0.3) is 0 Å². The zero-order valence-corrected chi connectivity index (χ0v) is 11.9. The van der Waals surface area contributed by atoms with Gasteiger partial charge in [-0.2, -0.15) is 0 Å². The lowest BCUT2D eigenvalue weighted by Crippen LogP contribution is -2.15. The molecule has 0 bridgehead atoms. The SMILES string of the molecule is Cc1[nH]cc(NC(=O)c2cccc(F)c2Br)c1C(=O)O. The van der Waals surface area contributed by atoms with E-state index >= 15 is 0 Å². The number of carboxylic acids is 1. The predicted molar refractivity (Wildman–Crippen MR) is 74.5 cm³/mol. The Balaban J connectivity index is 2.33. The number of rotatable bonds is 3. The molecule has 0 saturated heterocycles. The third-order valence-electron chi connectivity index (χ3n) is 2.74. The summed E-state index contributed by atoms with van der Waals surface area (Å²) in [7, 11) is 0. The van der Waals surface area contributed by atoms with Crippen molar-refractivity contribution in [1.82, 2.24) is 4.98 Å². The molecule has 0 atom stereocenters. The molecule has 5 nitrogen and oxygen atoms in total. The van der Waals surface area contributed by atoms with Crippen LogP contribution in [0.4, 0.5) is 10.1 Å². The number of aromatic carboxylic acids is 1. The van der Waals surface area contributed by atoms with E-state index in [1.165, 1.54) is 24.4 Å². The summed E-state index contributed by atoms with van der Waals surface area (Å²) in [6, 6.07) is 4.04. The fraction of sp³-hybridized carbons (Fsp3) is 0.0769. The first-order valence-corrected chi connectivity index (χ1v) is 6.37. The van der Waals surface area contributed by atoms with Crippen LogP contribution in [-0.2, 0) is 0 Å². The normalized spacial score (nSPS) is 10.3. The summed E-state index contributed by atoms with van der Waals surface area (Å²) in [6.07, 6.45) is 1.38.